The number of phenolic OH excluding ortho intramolecular Hbond substituents is 1. The van der Waals surface area contributed by atoms with Crippen molar-refractivity contribution in [1.82, 2.24) is 20.0 Å². The quantitative estimate of drug-likeness (QED) is 0.0728. The van der Waals surface area contributed by atoms with Gasteiger partial charge in [0.2, 0.25) is 0 Å². The number of carbonyl (C=O) groups excluding carboxylic acids is 1. The lowest BCUT2D eigenvalue weighted by molar-refractivity contribution is 0.251. The average molecular weight is 642 g/mol. The Morgan fingerprint density at radius 1 is 1.11 bits per heavy atom. The molecular formula is C34H36ClN7O2S. The monoisotopic (exact) mass is 641 g/mol. The number of carbonyl (C=O) groups is 1. The van der Waals surface area contributed by atoms with E-state index in [1.54, 1.807) is 22.5 Å². The minimum Gasteiger partial charge on any atom is -0.508 e. The molecule has 9 nitrogen and oxygen atoms in total. The Balaban J connectivity index is 1.30. The largest absolute Gasteiger partial charge is 0.508 e. The summed E-state index contributed by atoms with van der Waals surface area (Å²) in [6.45, 7) is 9.16. The number of hydrogen-bond donors (Lipinski definition) is 4. The van der Waals surface area contributed by atoms with Crippen LogP contribution in [0.1, 0.15) is 43.2 Å². The molecule has 0 radical (unpaired) electrons. The number of benzene rings is 3. The molecule has 0 spiro atoms. The molecule has 5 N–H and O–H groups in total. The highest BCUT2D eigenvalue weighted by Gasteiger charge is 2.22. The molecule has 0 aliphatic carbocycles. The molecule has 2 amide bonds. The second kappa shape index (κ2) is 13.5. The minimum absolute atomic E-state index is 0.0707. The maximum atomic E-state index is 13.2. The highest BCUT2D eigenvalue weighted by Crippen LogP contribution is 2.33. The standard InChI is InChI=1S/C34H36ClN7O2S/c1-22-11-13-24(14-12-22)42-31(19-30(40-42)34(2,3)4)38-33(44)37-20-23-8-5-6-10-29(23)45-26-9-7-17-41(21-26)32(39-36)27-18-25(43)15-16-28(27)35/h5-16,18-19,21,43H,17,20,36H2,1-4H3,(H2,37,38,44)/b39-32-. The lowest BCUT2D eigenvalue weighted by Crippen LogP contribution is -2.30. The smallest absolute Gasteiger partial charge is 0.320 e. The number of aryl methyl sites for hydroxylation is 1. The van der Waals surface area contributed by atoms with Gasteiger partial charge in [-0.15, -0.1) is 0 Å². The number of thioether (sulfide) groups is 1. The third-order valence-corrected chi connectivity index (χ3v) is 8.52. The molecule has 1 aliphatic heterocycles. The Kier molecular flexibility index (Phi) is 9.55. The van der Waals surface area contributed by atoms with Gasteiger partial charge >= 0.3 is 6.03 Å². The number of nitrogens with one attached hydrogen (secondary N) is 2. The van der Waals surface area contributed by atoms with E-state index in [2.05, 4.69) is 36.5 Å². The first-order chi connectivity index (χ1) is 21.5. The van der Waals surface area contributed by atoms with Crippen LogP contribution in [0.25, 0.3) is 5.69 Å². The normalized spacial score (nSPS) is 13.5. The number of amides is 2. The van der Waals surface area contributed by atoms with Gasteiger partial charge in [-0.1, -0.05) is 86.1 Å². The number of phenols is 1. The Bertz CT molecular complexity index is 1790. The number of anilines is 1. The first-order valence-electron chi connectivity index (χ1n) is 14.4. The molecule has 232 valence electrons. The lowest BCUT2D eigenvalue weighted by Gasteiger charge is -2.25. The van der Waals surface area contributed by atoms with E-state index in [-0.39, 0.29) is 17.2 Å². The van der Waals surface area contributed by atoms with Crippen molar-refractivity contribution in [3.63, 3.8) is 0 Å². The number of rotatable bonds is 7. The van der Waals surface area contributed by atoms with Crippen LogP contribution < -0.4 is 16.5 Å². The molecule has 5 rings (SSSR count). The van der Waals surface area contributed by atoms with Crippen LogP contribution in [0.15, 0.2) is 106 Å². The number of aromatic nitrogens is 2. The van der Waals surface area contributed by atoms with Crippen molar-refractivity contribution in [3.8, 4) is 11.4 Å². The van der Waals surface area contributed by atoms with E-state index in [4.69, 9.17) is 22.5 Å². The van der Waals surface area contributed by atoms with Gasteiger partial charge in [-0.3, -0.25) is 5.32 Å². The molecule has 0 atom stereocenters. The third kappa shape index (κ3) is 7.71. The van der Waals surface area contributed by atoms with Crippen molar-refractivity contribution >= 4 is 41.0 Å². The van der Waals surface area contributed by atoms with E-state index in [0.717, 1.165) is 32.3 Å². The average Bonchev–Trinajstić information content (AvgIpc) is 3.44. The topological polar surface area (TPSA) is 121 Å². The summed E-state index contributed by atoms with van der Waals surface area (Å²) in [6.07, 6.45) is 5.96. The minimum atomic E-state index is -0.335. The van der Waals surface area contributed by atoms with Crippen LogP contribution in [0.5, 0.6) is 5.75 Å². The van der Waals surface area contributed by atoms with Gasteiger partial charge in [0.05, 0.1) is 16.4 Å². The second-order valence-corrected chi connectivity index (χ2v) is 13.2. The van der Waals surface area contributed by atoms with Crippen molar-refractivity contribution in [2.24, 2.45) is 10.9 Å². The van der Waals surface area contributed by atoms with E-state index in [1.165, 1.54) is 12.1 Å². The molecule has 0 fully saturated rings. The molecular weight excluding hydrogens is 606 g/mol. The summed E-state index contributed by atoms with van der Waals surface area (Å²) in [5.74, 6) is 6.86. The SMILES string of the molecule is Cc1ccc(-n2nc(C(C)(C)C)cc2NC(=O)NCc2ccccc2SC2=CN(/C(=N\N)c3cc(O)ccc3Cl)CC=C2)cc1. The molecule has 0 bridgehead atoms. The summed E-state index contributed by atoms with van der Waals surface area (Å²) in [6, 6.07) is 22.2. The van der Waals surface area contributed by atoms with E-state index in [1.807, 2.05) is 84.8 Å². The van der Waals surface area contributed by atoms with E-state index < -0.39 is 0 Å². The number of hydrogen-bond acceptors (Lipinski definition) is 6. The Hall–Kier alpha value is -4.67. The predicted octanol–water partition coefficient (Wildman–Crippen LogP) is 7.28. The zero-order valence-electron chi connectivity index (χ0n) is 25.6. The molecule has 1 aliphatic rings. The summed E-state index contributed by atoms with van der Waals surface area (Å²) < 4.78 is 1.76. The molecule has 2 heterocycles. The van der Waals surface area contributed by atoms with Crippen LogP contribution in [-0.4, -0.2) is 38.2 Å². The van der Waals surface area contributed by atoms with Crippen molar-refractivity contribution in [2.45, 2.75) is 44.6 Å². The molecule has 0 unspecified atom stereocenters. The Labute approximate surface area is 272 Å². The van der Waals surface area contributed by atoms with Crippen LogP contribution in [-0.2, 0) is 12.0 Å². The van der Waals surface area contributed by atoms with Gasteiger partial charge in [0.25, 0.3) is 0 Å². The fourth-order valence-electron chi connectivity index (χ4n) is 4.65. The van der Waals surface area contributed by atoms with Crippen molar-refractivity contribution in [1.29, 1.82) is 0 Å². The van der Waals surface area contributed by atoms with Gasteiger partial charge in [-0.05, 0) is 55.0 Å². The number of nitrogens with zero attached hydrogens (tertiary/aromatic N) is 4. The zero-order valence-corrected chi connectivity index (χ0v) is 27.2. The van der Waals surface area contributed by atoms with Crippen molar-refractivity contribution in [3.05, 3.63) is 123 Å². The molecule has 1 aromatic heterocycles. The fourth-order valence-corrected chi connectivity index (χ4v) is 5.87. The van der Waals surface area contributed by atoms with Crippen LogP contribution in [0.3, 0.4) is 0 Å². The van der Waals surface area contributed by atoms with E-state index >= 15 is 0 Å². The number of allylic oxidation sites excluding steroid dienone is 1. The van der Waals surface area contributed by atoms with Crippen LogP contribution in [0.4, 0.5) is 10.6 Å². The zero-order chi connectivity index (χ0) is 32.1. The number of hydrazone groups is 1. The van der Waals surface area contributed by atoms with Crippen LogP contribution in [0, 0.1) is 6.92 Å². The summed E-state index contributed by atoms with van der Waals surface area (Å²) >= 11 is 7.95. The molecule has 0 saturated carbocycles. The van der Waals surface area contributed by atoms with Gasteiger partial charge in [-0.2, -0.15) is 10.2 Å². The summed E-state index contributed by atoms with van der Waals surface area (Å²) in [5.41, 5.74) is 4.18. The fraction of sp³-hybridized carbons (Fsp3) is 0.206. The molecule has 4 aromatic rings. The van der Waals surface area contributed by atoms with Crippen LogP contribution in [0.2, 0.25) is 5.02 Å². The van der Waals surface area contributed by atoms with Gasteiger partial charge in [-0.25, -0.2) is 9.48 Å². The van der Waals surface area contributed by atoms with E-state index in [0.29, 0.717) is 35.3 Å². The predicted molar refractivity (Wildman–Crippen MR) is 183 cm³/mol. The number of urea groups is 1. The Morgan fingerprint density at radius 3 is 2.60 bits per heavy atom. The third-order valence-electron chi connectivity index (χ3n) is 7.09. The van der Waals surface area contributed by atoms with Gasteiger partial charge in [0.1, 0.15) is 11.6 Å². The summed E-state index contributed by atoms with van der Waals surface area (Å²) in [5, 5.41) is 25.2. The highest BCUT2D eigenvalue weighted by molar-refractivity contribution is 8.03. The maximum Gasteiger partial charge on any atom is 0.320 e. The van der Waals surface area contributed by atoms with E-state index in [9.17, 15) is 9.90 Å². The first kappa shape index (κ1) is 31.7. The van der Waals surface area contributed by atoms with Gasteiger partial charge in [0, 0.05) is 46.1 Å². The maximum absolute atomic E-state index is 13.2. The second-order valence-electron chi connectivity index (χ2n) is 11.6. The lowest BCUT2D eigenvalue weighted by atomic mass is 9.92. The van der Waals surface area contributed by atoms with Crippen molar-refractivity contribution in [2.75, 3.05) is 11.9 Å². The Morgan fingerprint density at radius 2 is 1.87 bits per heavy atom. The summed E-state index contributed by atoms with van der Waals surface area (Å²) in [7, 11) is 0. The molecule has 45 heavy (non-hydrogen) atoms. The highest BCUT2D eigenvalue weighted by atomic mass is 35.5. The number of nitrogens with two attached hydrogens (primary N) is 1. The van der Waals surface area contributed by atoms with Gasteiger partial charge < -0.3 is 21.2 Å². The first-order valence-corrected chi connectivity index (χ1v) is 15.6. The number of amidine groups is 1. The van der Waals surface area contributed by atoms with Crippen LogP contribution >= 0.6 is 23.4 Å². The number of halogens is 1. The van der Waals surface area contributed by atoms with Gasteiger partial charge in [0.15, 0.2) is 5.84 Å². The molecule has 0 saturated heterocycles. The molecule has 11 heteroatoms. The molecule has 3 aromatic carbocycles. The number of aromatic hydroxyl groups is 1. The van der Waals surface area contributed by atoms with Crippen molar-refractivity contribution < 1.29 is 9.90 Å². The summed E-state index contributed by atoms with van der Waals surface area (Å²) in [4.78, 5) is 17.0.